The van der Waals surface area contributed by atoms with E-state index in [2.05, 4.69) is 5.32 Å². The fraction of sp³-hybridized carbons (Fsp3) is 0.286. The number of aryl methyl sites for hydroxylation is 1. The van der Waals surface area contributed by atoms with Crippen molar-refractivity contribution in [1.82, 2.24) is 5.32 Å². The molecule has 1 saturated heterocycles. The predicted molar refractivity (Wildman–Crippen MR) is 101 cm³/mol. The number of aliphatic carboxylic acids is 1. The molecule has 27 heavy (non-hydrogen) atoms. The molecule has 1 heterocycles. The zero-order valence-electron chi connectivity index (χ0n) is 15.1. The summed E-state index contributed by atoms with van der Waals surface area (Å²) in [6, 6.07) is 15.6. The summed E-state index contributed by atoms with van der Waals surface area (Å²) >= 11 is 0. The Kier molecular flexibility index (Phi) is 5.54. The highest BCUT2D eigenvalue weighted by Crippen LogP contribution is 2.25. The van der Waals surface area contributed by atoms with E-state index in [1.165, 1.54) is 0 Å². The second-order valence-corrected chi connectivity index (χ2v) is 6.83. The highest BCUT2D eigenvalue weighted by molar-refractivity contribution is 6.00. The fourth-order valence-electron chi connectivity index (χ4n) is 3.20. The van der Waals surface area contributed by atoms with Gasteiger partial charge in [-0.05, 0) is 24.6 Å². The van der Waals surface area contributed by atoms with Crippen LogP contribution in [0.4, 0.5) is 5.69 Å². The highest BCUT2D eigenvalue weighted by atomic mass is 16.4. The maximum absolute atomic E-state index is 12.6. The monoisotopic (exact) mass is 366 g/mol. The van der Waals surface area contributed by atoms with Gasteiger partial charge >= 0.3 is 5.97 Å². The lowest BCUT2D eigenvalue weighted by Gasteiger charge is -2.19. The zero-order valence-corrected chi connectivity index (χ0v) is 15.1. The topological polar surface area (TPSA) is 86.7 Å². The van der Waals surface area contributed by atoms with E-state index in [4.69, 9.17) is 0 Å². The number of benzene rings is 2. The van der Waals surface area contributed by atoms with Crippen molar-refractivity contribution in [1.29, 1.82) is 0 Å². The van der Waals surface area contributed by atoms with Crippen LogP contribution >= 0.6 is 0 Å². The van der Waals surface area contributed by atoms with Crippen molar-refractivity contribution in [3.63, 3.8) is 0 Å². The molecule has 2 amide bonds. The van der Waals surface area contributed by atoms with Gasteiger partial charge in [0.2, 0.25) is 11.8 Å². The number of nitrogens with zero attached hydrogens (tertiary/aromatic N) is 1. The van der Waals surface area contributed by atoms with Crippen LogP contribution in [0.15, 0.2) is 54.6 Å². The quantitative estimate of drug-likeness (QED) is 0.820. The summed E-state index contributed by atoms with van der Waals surface area (Å²) in [6.45, 7) is 2.22. The Hall–Kier alpha value is -3.15. The van der Waals surface area contributed by atoms with Crippen molar-refractivity contribution in [3.8, 4) is 0 Å². The first-order valence-corrected chi connectivity index (χ1v) is 8.88. The van der Waals surface area contributed by atoms with Crippen LogP contribution in [-0.4, -0.2) is 35.5 Å². The van der Waals surface area contributed by atoms with E-state index in [0.717, 1.165) is 16.8 Å². The Morgan fingerprint density at radius 3 is 2.44 bits per heavy atom. The van der Waals surface area contributed by atoms with E-state index in [0.29, 0.717) is 0 Å². The van der Waals surface area contributed by atoms with Gasteiger partial charge in [0.05, 0.1) is 5.92 Å². The summed E-state index contributed by atoms with van der Waals surface area (Å²) in [7, 11) is 0. The molecule has 0 spiro atoms. The van der Waals surface area contributed by atoms with Gasteiger partial charge in [-0.2, -0.15) is 0 Å². The molecule has 1 aliphatic rings. The van der Waals surface area contributed by atoms with E-state index >= 15 is 0 Å². The van der Waals surface area contributed by atoms with Crippen LogP contribution in [0.5, 0.6) is 0 Å². The second-order valence-electron chi connectivity index (χ2n) is 6.83. The molecule has 2 atom stereocenters. The minimum absolute atomic E-state index is 0.0807. The molecule has 0 bridgehead atoms. The molecule has 140 valence electrons. The lowest BCUT2D eigenvalue weighted by Crippen LogP contribution is -2.45. The molecule has 1 aliphatic heterocycles. The van der Waals surface area contributed by atoms with Crippen LogP contribution in [0, 0.1) is 12.8 Å². The fourth-order valence-corrected chi connectivity index (χ4v) is 3.20. The maximum Gasteiger partial charge on any atom is 0.326 e. The summed E-state index contributed by atoms with van der Waals surface area (Å²) in [5.41, 5.74) is 2.67. The molecule has 0 aromatic heterocycles. The minimum Gasteiger partial charge on any atom is -0.480 e. The number of carboxylic acids is 1. The molecule has 2 N–H and O–H groups in total. The summed E-state index contributed by atoms with van der Waals surface area (Å²) in [6.07, 6.45) is 0.279. The molecule has 6 nitrogen and oxygen atoms in total. The van der Waals surface area contributed by atoms with E-state index < -0.39 is 23.8 Å². The predicted octanol–water partition coefficient (Wildman–Crippen LogP) is 2.16. The molecule has 6 heteroatoms. The molecule has 0 radical (unpaired) electrons. The Morgan fingerprint density at radius 2 is 1.81 bits per heavy atom. The maximum atomic E-state index is 12.6. The van der Waals surface area contributed by atoms with Crippen LogP contribution in [0.25, 0.3) is 0 Å². The van der Waals surface area contributed by atoms with Crippen LogP contribution in [-0.2, 0) is 20.8 Å². The van der Waals surface area contributed by atoms with E-state index in [1.54, 1.807) is 4.90 Å². The SMILES string of the molecule is Cc1ccc(N2CC(C(=O)N[C@H](Cc3ccccc3)C(=O)O)CC2=O)cc1. The van der Waals surface area contributed by atoms with Crippen LogP contribution in [0.3, 0.4) is 0 Å². The molecule has 2 aromatic rings. The first kappa shape index (κ1) is 18.6. The first-order chi connectivity index (χ1) is 12.9. The van der Waals surface area contributed by atoms with Crippen molar-refractivity contribution >= 4 is 23.5 Å². The third-order valence-corrected chi connectivity index (χ3v) is 4.74. The van der Waals surface area contributed by atoms with Crippen molar-refractivity contribution < 1.29 is 19.5 Å². The summed E-state index contributed by atoms with van der Waals surface area (Å²) in [5.74, 6) is -2.18. The minimum atomic E-state index is -1.09. The number of amides is 2. The first-order valence-electron chi connectivity index (χ1n) is 8.88. The van der Waals surface area contributed by atoms with Gasteiger partial charge in [0.15, 0.2) is 0 Å². The van der Waals surface area contributed by atoms with E-state index in [9.17, 15) is 19.5 Å². The molecule has 2 aromatic carbocycles. The third kappa shape index (κ3) is 4.53. The van der Waals surface area contributed by atoms with Gasteiger partial charge in [0.25, 0.3) is 0 Å². The Bertz CT molecular complexity index is 833. The van der Waals surface area contributed by atoms with Gasteiger partial charge in [-0.15, -0.1) is 0 Å². The van der Waals surface area contributed by atoms with Gasteiger partial charge in [0, 0.05) is 25.1 Å². The molecule has 0 saturated carbocycles. The standard InChI is InChI=1S/C21H22N2O4/c1-14-7-9-17(10-8-14)23-13-16(12-19(23)24)20(25)22-18(21(26)27)11-15-5-3-2-4-6-15/h2-10,16,18H,11-13H2,1H3,(H,22,25)(H,26,27)/t16?,18-/m1/s1. The van der Waals surface area contributed by atoms with Crippen molar-refractivity contribution in [3.05, 3.63) is 65.7 Å². The lowest BCUT2D eigenvalue weighted by atomic mass is 10.0. The largest absolute Gasteiger partial charge is 0.480 e. The number of nitrogens with one attached hydrogen (secondary N) is 1. The molecular formula is C21H22N2O4. The molecule has 3 rings (SSSR count). The average molecular weight is 366 g/mol. The smallest absolute Gasteiger partial charge is 0.326 e. The van der Waals surface area contributed by atoms with E-state index in [1.807, 2.05) is 61.5 Å². The third-order valence-electron chi connectivity index (χ3n) is 4.74. The van der Waals surface area contributed by atoms with Gasteiger partial charge in [-0.25, -0.2) is 4.79 Å². The Labute approximate surface area is 157 Å². The molecule has 1 fully saturated rings. The number of carbonyl (C=O) groups is 3. The van der Waals surface area contributed by atoms with Crippen molar-refractivity contribution in [2.75, 3.05) is 11.4 Å². The summed E-state index contributed by atoms with van der Waals surface area (Å²) < 4.78 is 0. The number of carbonyl (C=O) groups excluding carboxylic acids is 2. The van der Waals surface area contributed by atoms with Gasteiger partial charge < -0.3 is 15.3 Å². The van der Waals surface area contributed by atoms with Gasteiger partial charge in [-0.1, -0.05) is 48.0 Å². The summed E-state index contributed by atoms with van der Waals surface area (Å²) in [4.78, 5) is 38.0. The number of rotatable bonds is 6. The number of carboxylic acid groups (broad SMARTS) is 1. The summed E-state index contributed by atoms with van der Waals surface area (Å²) in [5, 5.41) is 12.0. The van der Waals surface area contributed by atoms with Crippen LogP contribution in [0.1, 0.15) is 17.5 Å². The second kappa shape index (κ2) is 8.03. The average Bonchev–Trinajstić information content (AvgIpc) is 3.04. The number of anilines is 1. The van der Waals surface area contributed by atoms with E-state index in [-0.39, 0.29) is 25.3 Å². The number of hydrogen-bond donors (Lipinski definition) is 2. The molecule has 1 unspecified atom stereocenters. The zero-order chi connectivity index (χ0) is 19.4. The van der Waals surface area contributed by atoms with Gasteiger partial charge in [-0.3, -0.25) is 9.59 Å². The number of hydrogen-bond acceptors (Lipinski definition) is 3. The van der Waals surface area contributed by atoms with Crippen molar-refractivity contribution in [2.45, 2.75) is 25.8 Å². The Balaban J connectivity index is 1.65. The highest BCUT2D eigenvalue weighted by Gasteiger charge is 2.36. The molecular weight excluding hydrogens is 344 g/mol. The Morgan fingerprint density at radius 1 is 1.15 bits per heavy atom. The van der Waals surface area contributed by atoms with Crippen LogP contribution in [0.2, 0.25) is 0 Å². The normalized spacial score (nSPS) is 17.6. The van der Waals surface area contributed by atoms with Gasteiger partial charge in [0.1, 0.15) is 6.04 Å². The molecule has 0 aliphatic carbocycles. The lowest BCUT2D eigenvalue weighted by molar-refractivity contribution is -0.142. The van der Waals surface area contributed by atoms with Crippen molar-refractivity contribution in [2.24, 2.45) is 5.92 Å². The van der Waals surface area contributed by atoms with Crippen LogP contribution < -0.4 is 10.2 Å².